The van der Waals surface area contributed by atoms with Gasteiger partial charge < -0.3 is 19.5 Å². The molecule has 0 amide bonds. The van der Waals surface area contributed by atoms with Crippen molar-refractivity contribution in [1.29, 1.82) is 0 Å². The van der Waals surface area contributed by atoms with Gasteiger partial charge in [0.25, 0.3) is 0 Å². The van der Waals surface area contributed by atoms with E-state index in [1.165, 1.54) is 5.69 Å². The second-order valence-electron chi connectivity index (χ2n) is 6.47. The lowest BCUT2D eigenvalue weighted by molar-refractivity contribution is 0.219. The molecule has 1 heterocycles. The van der Waals surface area contributed by atoms with Crippen LogP contribution in [0.2, 0.25) is 0 Å². The van der Waals surface area contributed by atoms with Crippen molar-refractivity contribution in [3.8, 4) is 11.5 Å². The third kappa shape index (κ3) is 4.68. The van der Waals surface area contributed by atoms with Crippen LogP contribution in [0.4, 0.5) is 5.69 Å². The number of ether oxygens (including phenoxy) is 2. The van der Waals surface area contributed by atoms with E-state index >= 15 is 0 Å². The van der Waals surface area contributed by atoms with Crippen molar-refractivity contribution in [2.24, 2.45) is 0 Å². The van der Waals surface area contributed by atoms with Gasteiger partial charge in [0.15, 0.2) is 0 Å². The molecular formula is C21H28N2O3. The molecule has 0 atom stereocenters. The fourth-order valence-electron chi connectivity index (χ4n) is 3.35. The largest absolute Gasteiger partial charge is 0.495 e. The summed E-state index contributed by atoms with van der Waals surface area (Å²) in [5.74, 6) is 1.73. The van der Waals surface area contributed by atoms with Gasteiger partial charge in [0.2, 0.25) is 0 Å². The summed E-state index contributed by atoms with van der Waals surface area (Å²) >= 11 is 0. The summed E-state index contributed by atoms with van der Waals surface area (Å²) in [6, 6.07) is 15.9. The van der Waals surface area contributed by atoms with E-state index in [1.807, 2.05) is 36.4 Å². The summed E-state index contributed by atoms with van der Waals surface area (Å²) in [5, 5.41) is 9.33. The van der Waals surface area contributed by atoms with E-state index in [0.29, 0.717) is 6.61 Å². The lowest BCUT2D eigenvalue weighted by Gasteiger charge is -2.36. The third-order valence-electron chi connectivity index (χ3n) is 4.82. The van der Waals surface area contributed by atoms with Gasteiger partial charge in [0.1, 0.15) is 11.5 Å². The normalized spacial score (nSPS) is 15.1. The first kappa shape index (κ1) is 18.5. The van der Waals surface area contributed by atoms with Gasteiger partial charge in [-0.1, -0.05) is 30.3 Å². The van der Waals surface area contributed by atoms with E-state index in [1.54, 1.807) is 7.11 Å². The predicted molar refractivity (Wildman–Crippen MR) is 104 cm³/mol. The molecule has 0 radical (unpaired) electrons. The maximum atomic E-state index is 9.33. The first-order valence-corrected chi connectivity index (χ1v) is 9.23. The average Bonchev–Trinajstić information content (AvgIpc) is 2.72. The van der Waals surface area contributed by atoms with Gasteiger partial charge >= 0.3 is 0 Å². The van der Waals surface area contributed by atoms with Crippen LogP contribution >= 0.6 is 0 Å². The first-order chi connectivity index (χ1) is 12.8. The van der Waals surface area contributed by atoms with Crippen LogP contribution in [0.5, 0.6) is 11.5 Å². The van der Waals surface area contributed by atoms with Crippen LogP contribution in [0.1, 0.15) is 12.0 Å². The van der Waals surface area contributed by atoms with E-state index in [9.17, 15) is 5.11 Å². The Morgan fingerprint density at radius 1 is 0.923 bits per heavy atom. The van der Waals surface area contributed by atoms with Crippen molar-refractivity contribution in [2.45, 2.75) is 13.0 Å². The van der Waals surface area contributed by atoms with Gasteiger partial charge in [0, 0.05) is 38.3 Å². The average molecular weight is 356 g/mol. The lowest BCUT2D eigenvalue weighted by Crippen LogP contribution is -2.46. The van der Waals surface area contributed by atoms with Crippen LogP contribution in [-0.4, -0.2) is 56.4 Å². The quantitative estimate of drug-likeness (QED) is 0.737. The highest BCUT2D eigenvalue weighted by Gasteiger charge is 2.19. The molecule has 140 valence electrons. The molecule has 0 spiro atoms. The topological polar surface area (TPSA) is 45.2 Å². The highest BCUT2D eigenvalue weighted by Crippen LogP contribution is 2.28. The van der Waals surface area contributed by atoms with Crippen molar-refractivity contribution >= 4 is 5.69 Å². The summed E-state index contributed by atoms with van der Waals surface area (Å²) in [6.07, 6.45) is 0.981. The molecule has 0 aromatic heterocycles. The van der Waals surface area contributed by atoms with Crippen LogP contribution in [-0.2, 0) is 6.61 Å². The van der Waals surface area contributed by atoms with E-state index in [-0.39, 0.29) is 6.61 Å². The van der Waals surface area contributed by atoms with E-state index in [2.05, 4.69) is 21.9 Å². The standard InChI is InChI=1S/C21H28N2O3/c1-25-21-10-5-3-8-19(21)23-14-12-22(13-15-23)11-6-16-26-20-9-4-2-7-18(20)17-24/h2-5,7-10,24H,6,11-17H2,1H3. The molecule has 1 aliphatic rings. The number of aliphatic hydroxyl groups is 1. The number of nitrogens with zero attached hydrogens (tertiary/aromatic N) is 2. The lowest BCUT2D eigenvalue weighted by atomic mass is 10.2. The van der Waals surface area contributed by atoms with Gasteiger partial charge in [-0.25, -0.2) is 0 Å². The number of benzene rings is 2. The molecular weight excluding hydrogens is 328 g/mol. The summed E-state index contributed by atoms with van der Waals surface area (Å²) in [4.78, 5) is 4.87. The smallest absolute Gasteiger partial charge is 0.142 e. The second-order valence-corrected chi connectivity index (χ2v) is 6.47. The van der Waals surface area contributed by atoms with Crippen molar-refractivity contribution in [2.75, 3.05) is 51.3 Å². The molecule has 1 N–H and O–H groups in total. The number of rotatable bonds is 8. The van der Waals surface area contributed by atoms with Crippen LogP contribution in [0.25, 0.3) is 0 Å². The molecule has 26 heavy (non-hydrogen) atoms. The van der Waals surface area contributed by atoms with Crippen molar-refractivity contribution < 1.29 is 14.6 Å². The molecule has 1 aliphatic heterocycles. The van der Waals surface area contributed by atoms with Gasteiger partial charge in [0.05, 0.1) is 26.0 Å². The Morgan fingerprint density at radius 3 is 2.35 bits per heavy atom. The molecule has 2 aromatic carbocycles. The highest BCUT2D eigenvalue weighted by molar-refractivity contribution is 5.58. The zero-order valence-electron chi connectivity index (χ0n) is 15.4. The molecule has 5 nitrogen and oxygen atoms in total. The molecule has 3 rings (SSSR count). The Bertz CT molecular complexity index is 684. The van der Waals surface area contributed by atoms with Crippen LogP contribution in [0.15, 0.2) is 48.5 Å². The predicted octanol–water partition coefficient (Wildman–Crippen LogP) is 2.78. The number of anilines is 1. The summed E-state index contributed by atoms with van der Waals surface area (Å²) in [6.45, 7) is 5.82. The monoisotopic (exact) mass is 356 g/mol. The third-order valence-corrected chi connectivity index (χ3v) is 4.82. The van der Waals surface area contributed by atoms with Crippen LogP contribution in [0.3, 0.4) is 0 Å². The molecule has 0 saturated carbocycles. The maximum absolute atomic E-state index is 9.33. The number of aliphatic hydroxyl groups excluding tert-OH is 1. The van der Waals surface area contributed by atoms with Crippen molar-refractivity contribution in [3.05, 3.63) is 54.1 Å². The highest BCUT2D eigenvalue weighted by atomic mass is 16.5. The van der Waals surface area contributed by atoms with Gasteiger partial charge in [-0.15, -0.1) is 0 Å². The zero-order valence-corrected chi connectivity index (χ0v) is 15.4. The Balaban J connectivity index is 1.40. The number of piperazine rings is 1. The van der Waals surface area contributed by atoms with E-state index in [4.69, 9.17) is 9.47 Å². The van der Waals surface area contributed by atoms with Gasteiger partial charge in [-0.3, -0.25) is 4.90 Å². The Labute approximate surface area is 155 Å². The fourth-order valence-corrected chi connectivity index (χ4v) is 3.35. The van der Waals surface area contributed by atoms with Gasteiger partial charge in [-0.2, -0.15) is 0 Å². The minimum Gasteiger partial charge on any atom is -0.495 e. The van der Waals surface area contributed by atoms with Crippen LogP contribution in [0, 0.1) is 0 Å². The summed E-state index contributed by atoms with van der Waals surface area (Å²) in [5.41, 5.74) is 2.02. The first-order valence-electron chi connectivity index (χ1n) is 9.23. The summed E-state index contributed by atoms with van der Waals surface area (Å²) < 4.78 is 11.3. The zero-order chi connectivity index (χ0) is 18.2. The number of hydrogen-bond donors (Lipinski definition) is 1. The van der Waals surface area contributed by atoms with E-state index in [0.717, 1.165) is 56.2 Å². The fraction of sp³-hybridized carbons (Fsp3) is 0.429. The van der Waals surface area contributed by atoms with Crippen LogP contribution < -0.4 is 14.4 Å². The molecule has 2 aromatic rings. The Hall–Kier alpha value is -2.24. The second kappa shape index (κ2) is 9.46. The molecule has 0 unspecified atom stereocenters. The molecule has 5 heteroatoms. The minimum atomic E-state index is 0.0150. The number of hydrogen-bond acceptors (Lipinski definition) is 5. The SMILES string of the molecule is COc1ccccc1N1CCN(CCCOc2ccccc2CO)CC1. The van der Waals surface area contributed by atoms with E-state index < -0.39 is 0 Å². The minimum absolute atomic E-state index is 0.0150. The van der Waals surface area contributed by atoms with Crippen molar-refractivity contribution in [3.63, 3.8) is 0 Å². The van der Waals surface area contributed by atoms with Crippen molar-refractivity contribution in [1.82, 2.24) is 4.90 Å². The molecule has 0 bridgehead atoms. The Morgan fingerprint density at radius 2 is 1.62 bits per heavy atom. The number of para-hydroxylation sites is 3. The maximum Gasteiger partial charge on any atom is 0.142 e. The molecule has 0 aliphatic carbocycles. The number of methoxy groups -OCH3 is 1. The summed E-state index contributed by atoms with van der Waals surface area (Å²) in [7, 11) is 1.73. The molecule has 1 saturated heterocycles. The Kier molecular flexibility index (Phi) is 6.75. The molecule has 1 fully saturated rings. The van der Waals surface area contributed by atoms with Gasteiger partial charge in [-0.05, 0) is 24.6 Å².